The third-order valence-electron chi connectivity index (χ3n) is 5.02. The number of rotatable bonds is 7. The molecule has 0 aliphatic heterocycles. The number of methoxy groups -OCH3 is 1. The van der Waals surface area contributed by atoms with Crippen LogP contribution in [-0.4, -0.2) is 32.6 Å². The molecule has 0 fully saturated rings. The number of hydrogen-bond donors (Lipinski definition) is 1. The summed E-state index contributed by atoms with van der Waals surface area (Å²) >= 11 is 0. The lowest BCUT2D eigenvalue weighted by atomic mass is 10.1. The number of furan rings is 1. The Morgan fingerprint density at radius 1 is 1.20 bits per heavy atom. The molecule has 1 aromatic carbocycles. The van der Waals surface area contributed by atoms with Gasteiger partial charge in [-0.05, 0) is 50.1 Å². The van der Waals surface area contributed by atoms with Gasteiger partial charge in [-0.3, -0.25) is 4.79 Å². The molecule has 154 valence electrons. The molecule has 0 bridgehead atoms. The average Bonchev–Trinajstić information content (AvgIpc) is 3.42. The minimum atomic E-state index is -0.0408. The maximum Gasteiger partial charge on any atom is 0.253 e. The van der Waals surface area contributed by atoms with E-state index in [1.54, 1.807) is 24.0 Å². The number of benzene rings is 1. The molecule has 8 heteroatoms. The van der Waals surface area contributed by atoms with Crippen LogP contribution in [0.1, 0.15) is 29.1 Å². The van der Waals surface area contributed by atoms with E-state index in [4.69, 9.17) is 9.15 Å². The van der Waals surface area contributed by atoms with Crippen LogP contribution >= 0.6 is 0 Å². The van der Waals surface area contributed by atoms with Gasteiger partial charge in [-0.1, -0.05) is 12.1 Å². The van der Waals surface area contributed by atoms with Gasteiger partial charge in [0.25, 0.3) is 5.78 Å². The van der Waals surface area contributed by atoms with Gasteiger partial charge in [-0.25, -0.2) is 9.50 Å². The lowest BCUT2D eigenvalue weighted by Crippen LogP contribution is -2.23. The number of hydrogen-bond acceptors (Lipinski definition) is 6. The maximum atomic E-state index is 12.2. The molecule has 0 aliphatic carbocycles. The molecule has 4 aromatic rings. The summed E-state index contributed by atoms with van der Waals surface area (Å²) in [6, 6.07) is 11.2. The van der Waals surface area contributed by atoms with Crippen molar-refractivity contribution in [2.75, 3.05) is 7.11 Å². The SMILES string of the molecule is COc1cccc(-c2nc3nc(C)c(CCC(=O)NCc4ccco4)c(C)n3n2)c1. The highest BCUT2D eigenvalue weighted by atomic mass is 16.5. The first-order chi connectivity index (χ1) is 14.5. The van der Waals surface area contributed by atoms with Crippen molar-refractivity contribution in [1.82, 2.24) is 24.9 Å². The second kappa shape index (κ2) is 8.36. The summed E-state index contributed by atoms with van der Waals surface area (Å²) in [6.45, 7) is 4.29. The fraction of sp³-hybridized carbons (Fsp3) is 0.273. The molecule has 0 spiro atoms. The molecule has 0 saturated carbocycles. The highest BCUT2D eigenvalue weighted by Gasteiger charge is 2.16. The predicted octanol–water partition coefficient (Wildman–Crippen LogP) is 3.26. The number of fused-ring (bicyclic) bond motifs is 1. The van der Waals surface area contributed by atoms with Gasteiger partial charge in [0.2, 0.25) is 5.91 Å². The minimum absolute atomic E-state index is 0.0408. The van der Waals surface area contributed by atoms with Gasteiger partial charge in [0.05, 0.1) is 19.9 Å². The van der Waals surface area contributed by atoms with Gasteiger partial charge < -0.3 is 14.5 Å². The fourth-order valence-corrected chi connectivity index (χ4v) is 3.38. The van der Waals surface area contributed by atoms with Crippen LogP contribution in [0, 0.1) is 13.8 Å². The summed E-state index contributed by atoms with van der Waals surface area (Å²) < 4.78 is 12.3. The molecule has 0 saturated heterocycles. The van der Waals surface area contributed by atoms with Gasteiger partial charge in [0, 0.05) is 23.4 Å². The van der Waals surface area contributed by atoms with E-state index in [9.17, 15) is 4.79 Å². The van der Waals surface area contributed by atoms with Gasteiger partial charge >= 0.3 is 0 Å². The van der Waals surface area contributed by atoms with Crippen molar-refractivity contribution in [3.05, 3.63) is 65.4 Å². The Labute approximate surface area is 173 Å². The van der Waals surface area contributed by atoms with Crippen molar-refractivity contribution in [3.8, 4) is 17.1 Å². The normalized spacial score (nSPS) is 11.0. The van der Waals surface area contributed by atoms with E-state index >= 15 is 0 Å². The van der Waals surface area contributed by atoms with Crippen LogP contribution in [0.5, 0.6) is 5.75 Å². The summed E-state index contributed by atoms with van der Waals surface area (Å²) in [5.74, 6) is 2.55. The second-order valence-corrected chi connectivity index (χ2v) is 7.00. The lowest BCUT2D eigenvalue weighted by molar-refractivity contribution is -0.121. The molecule has 0 radical (unpaired) electrons. The smallest absolute Gasteiger partial charge is 0.253 e. The third kappa shape index (κ3) is 4.03. The zero-order chi connectivity index (χ0) is 21.1. The molecule has 4 rings (SSSR count). The van der Waals surface area contributed by atoms with E-state index in [0.29, 0.717) is 31.0 Å². The van der Waals surface area contributed by atoms with Crippen molar-refractivity contribution in [2.45, 2.75) is 33.2 Å². The van der Waals surface area contributed by atoms with Crippen molar-refractivity contribution in [1.29, 1.82) is 0 Å². The van der Waals surface area contributed by atoms with Crippen molar-refractivity contribution in [2.24, 2.45) is 0 Å². The number of ether oxygens (including phenoxy) is 1. The maximum absolute atomic E-state index is 12.2. The average molecular weight is 405 g/mol. The summed E-state index contributed by atoms with van der Waals surface area (Å²) in [4.78, 5) is 21.4. The van der Waals surface area contributed by atoms with Crippen molar-refractivity contribution >= 4 is 11.7 Å². The van der Waals surface area contributed by atoms with E-state index < -0.39 is 0 Å². The van der Waals surface area contributed by atoms with Gasteiger partial charge in [0.15, 0.2) is 5.82 Å². The van der Waals surface area contributed by atoms with E-state index in [-0.39, 0.29) is 5.91 Å². The zero-order valence-electron chi connectivity index (χ0n) is 17.2. The molecule has 3 aromatic heterocycles. The third-order valence-corrected chi connectivity index (χ3v) is 5.02. The molecule has 3 heterocycles. The summed E-state index contributed by atoms with van der Waals surface area (Å²) in [7, 11) is 1.63. The number of carbonyl (C=O) groups is 1. The van der Waals surface area contributed by atoms with Crippen molar-refractivity contribution in [3.63, 3.8) is 0 Å². The summed E-state index contributed by atoms with van der Waals surface area (Å²) in [6.07, 6.45) is 2.51. The number of aromatic nitrogens is 4. The highest BCUT2D eigenvalue weighted by Crippen LogP contribution is 2.23. The molecule has 0 aliphatic rings. The van der Waals surface area contributed by atoms with Crippen LogP contribution in [0.3, 0.4) is 0 Å². The topological polar surface area (TPSA) is 94.5 Å². The molecule has 1 N–H and O–H groups in total. The number of nitrogens with zero attached hydrogens (tertiary/aromatic N) is 4. The van der Waals surface area contributed by atoms with Crippen LogP contribution in [0.25, 0.3) is 17.2 Å². The van der Waals surface area contributed by atoms with E-state index in [1.807, 2.05) is 44.2 Å². The first-order valence-corrected chi connectivity index (χ1v) is 9.71. The minimum Gasteiger partial charge on any atom is -0.497 e. The number of aryl methyl sites for hydroxylation is 2. The Kier molecular flexibility index (Phi) is 5.47. The number of nitrogens with one attached hydrogen (secondary N) is 1. The van der Waals surface area contributed by atoms with Gasteiger partial charge in [0.1, 0.15) is 11.5 Å². The molecule has 8 nitrogen and oxygen atoms in total. The Bertz CT molecular complexity index is 1180. The van der Waals surface area contributed by atoms with Crippen molar-refractivity contribution < 1.29 is 13.9 Å². The van der Waals surface area contributed by atoms with Crippen LogP contribution in [0.2, 0.25) is 0 Å². The largest absolute Gasteiger partial charge is 0.497 e. The lowest BCUT2D eigenvalue weighted by Gasteiger charge is -2.10. The van der Waals surface area contributed by atoms with Crippen LogP contribution in [0.4, 0.5) is 0 Å². The Morgan fingerprint density at radius 3 is 2.83 bits per heavy atom. The molecule has 1 amide bonds. The standard InChI is InChI=1S/C22H23N5O3/c1-14-19(9-10-20(28)23-13-18-8-5-11-30-18)15(2)27-22(24-14)25-21(26-27)16-6-4-7-17(12-16)29-3/h4-8,11-12H,9-10,13H2,1-3H3,(H,23,28). The Morgan fingerprint density at radius 2 is 2.07 bits per heavy atom. The van der Waals surface area contributed by atoms with Crippen LogP contribution in [-0.2, 0) is 17.8 Å². The highest BCUT2D eigenvalue weighted by molar-refractivity contribution is 5.76. The number of amides is 1. The fourth-order valence-electron chi connectivity index (χ4n) is 3.38. The predicted molar refractivity (Wildman–Crippen MR) is 111 cm³/mol. The molecule has 0 atom stereocenters. The van der Waals surface area contributed by atoms with Crippen LogP contribution < -0.4 is 10.1 Å². The quantitative estimate of drug-likeness (QED) is 0.507. The molecular weight excluding hydrogens is 382 g/mol. The van der Waals surface area contributed by atoms with E-state index in [0.717, 1.165) is 34.0 Å². The monoisotopic (exact) mass is 405 g/mol. The first-order valence-electron chi connectivity index (χ1n) is 9.71. The summed E-state index contributed by atoms with van der Waals surface area (Å²) in [5, 5.41) is 7.50. The number of carbonyl (C=O) groups excluding carboxylic acids is 1. The Balaban J connectivity index is 1.53. The summed E-state index contributed by atoms with van der Waals surface area (Å²) in [5.41, 5.74) is 3.63. The Hall–Kier alpha value is -3.68. The van der Waals surface area contributed by atoms with Gasteiger partial charge in [-0.15, -0.1) is 5.10 Å². The molecule has 30 heavy (non-hydrogen) atoms. The van der Waals surface area contributed by atoms with E-state index in [2.05, 4.69) is 20.4 Å². The molecule has 0 unspecified atom stereocenters. The first kappa shape index (κ1) is 19.6. The molecular formula is C22H23N5O3. The second-order valence-electron chi connectivity index (χ2n) is 7.00. The zero-order valence-corrected chi connectivity index (χ0v) is 17.2. The van der Waals surface area contributed by atoms with Gasteiger partial charge in [-0.2, -0.15) is 4.98 Å². The van der Waals surface area contributed by atoms with Crippen LogP contribution in [0.15, 0.2) is 47.1 Å². The van der Waals surface area contributed by atoms with E-state index in [1.165, 1.54) is 0 Å².